The van der Waals surface area contributed by atoms with Crippen LogP contribution >= 0.6 is 11.6 Å². The third-order valence-corrected chi connectivity index (χ3v) is 4.89. The van der Waals surface area contributed by atoms with Gasteiger partial charge in [0.1, 0.15) is 17.3 Å². The molecule has 1 saturated heterocycles. The van der Waals surface area contributed by atoms with Crippen molar-refractivity contribution in [3.63, 3.8) is 0 Å². The van der Waals surface area contributed by atoms with Gasteiger partial charge in [-0.25, -0.2) is 9.18 Å². The zero-order valence-corrected chi connectivity index (χ0v) is 16.4. The number of carbonyl (C=O) groups is 2. The number of likely N-dealkylation sites (tertiary alicyclic amines) is 1. The van der Waals surface area contributed by atoms with E-state index in [0.29, 0.717) is 12.8 Å². The number of benzene rings is 1. The first-order valence-electron chi connectivity index (χ1n) is 8.53. The van der Waals surface area contributed by atoms with E-state index in [1.165, 1.54) is 17.0 Å². The van der Waals surface area contributed by atoms with E-state index in [0.717, 1.165) is 6.07 Å². The number of nitrogens with zero attached hydrogens (tertiary/aromatic N) is 1. The van der Waals surface area contributed by atoms with Gasteiger partial charge in [0.25, 0.3) is 0 Å². The molecule has 0 spiro atoms. The Labute approximate surface area is 186 Å². The van der Waals surface area contributed by atoms with Crippen molar-refractivity contribution in [1.29, 1.82) is 0 Å². The van der Waals surface area contributed by atoms with Crippen LogP contribution in [0.25, 0.3) is 0 Å². The summed E-state index contributed by atoms with van der Waals surface area (Å²) in [5.41, 5.74) is -0.993. The Bertz CT molecular complexity index is 720. The summed E-state index contributed by atoms with van der Waals surface area (Å²) in [6.45, 7) is 9.02. The van der Waals surface area contributed by atoms with Crippen molar-refractivity contribution in [1.82, 2.24) is 4.90 Å². The summed E-state index contributed by atoms with van der Waals surface area (Å²) in [6.07, 6.45) is 0.537. The molecule has 1 fully saturated rings. The van der Waals surface area contributed by atoms with Crippen molar-refractivity contribution in [3.05, 3.63) is 34.6 Å². The number of aliphatic carboxylic acids is 1. The van der Waals surface area contributed by atoms with Crippen molar-refractivity contribution in [2.24, 2.45) is 0 Å². The van der Waals surface area contributed by atoms with Crippen LogP contribution in [0.4, 0.5) is 9.18 Å². The number of carboxylic acid groups (broad SMARTS) is 1. The van der Waals surface area contributed by atoms with Crippen LogP contribution in [0.3, 0.4) is 0 Å². The van der Waals surface area contributed by atoms with Crippen molar-refractivity contribution in [2.75, 3.05) is 0 Å². The maximum absolute atomic E-state index is 13.9. The topological polar surface area (TPSA) is 66.8 Å². The predicted molar refractivity (Wildman–Crippen MR) is 104 cm³/mol. The molecule has 2 atom stereocenters. The average molecular weight is 410 g/mol. The Balaban J connectivity index is 0.00000364. The number of carboxylic acids is 1. The van der Waals surface area contributed by atoms with Crippen LogP contribution in [-0.4, -0.2) is 68.8 Å². The number of amides is 1. The minimum absolute atomic E-state index is 0. The Morgan fingerprint density at radius 2 is 1.96 bits per heavy atom. The van der Waals surface area contributed by atoms with E-state index in [1.54, 1.807) is 20.8 Å². The van der Waals surface area contributed by atoms with Crippen LogP contribution in [0, 0.1) is 5.82 Å². The molecule has 1 heterocycles. The quantitative estimate of drug-likeness (QED) is 0.760. The first-order chi connectivity index (χ1) is 11.8. The van der Waals surface area contributed by atoms with Crippen LogP contribution < -0.4 is 0 Å². The molecule has 1 aromatic rings. The molecule has 2 unspecified atom stereocenters. The van der Waals surface area contributed by atoms with E-state index in [2.05, 4.69) is 0 Å². The molecule has 1 aromatic carbocycles. The molecule has 8 heteroatoms. The molecule has 1 aliphatic heterocycles. The fourth-order valence-electron chi connectivity index (χ4n) is 3.44. The summed E-state index contributed by atoms with van der Waals surface area (Å²) in [5.74, 6) is -2.88. The summed E-state index contributed by atoms with van der Waals surface area (Å²) in [5, 5.41) is 9.74. The zero-order chi connectivity index (χ0) is 19.9. The summed E-state index contributed by atoms with van der Waals surface area (Å²) in [4.78, 5) is 26.3. The summed E-state index contributed by atoms with van der Waals surface area (Å²) < 4.78 is 19.4. The van der Waals surface area contributed by atoms with Gasteiger partial charge in [-0.15, -0.1) is 0 Å². The van der Waals surface area contributed by atoms with Gasteiger partial charge in [-0.1, -0.05) is 17.7 Å². The maximum atomic E-state index is 13.9. The first kappa shape index (κ1) is 24.2. The Morgan fingerprint density at radius 3 is 2.44 bits per heavy atom. The number of hydrogen-bond acceptors (Lipinski definition) is 3. The van der Waals surface area contributed by atoms with Gasteiger partial charge in [0.15, 0.2) is 0 Å². The fraction of sp³-hybridized carbons (Fsp3) is 0.579. The van der Waals surface area contributed by atoms with Gasteiger partial charge in [-0.2, -0.15) is 0 Å². The van der Waals surface area contributed by atoms with Gasteiger partial charge in [0.2, 0.25) is 0 Å². The molecular weight excluding hydrogens is 384 g/mol. The summed E-state index contributed by atoms with van der Waals surface area (Å²) in [6, 6.07) is 3.31. The van der Waals surface area contributed by atoms with E-state index < -0.39 is 41.0 Å². The minimum atomic E-state index is -1.12. The molecule has 0 saturated carbocycles. The Hall–Kier alpha value is -0.820. The molecule has 5 nitrogen and oxygen atoms in total. The van der Waals surface area contributed by atoms with Crippen LogP contribution in [0.2, 0.25) is 5.02 Å². The van der Waals surface area contributed by atoms with Crippen molar-refractivity contribution >= 4 is 53.2 Å². The SMILES string of the molecule is CC(C)(C)OC(=O)N1C(C(C(=O)O)c2ccc(Cl)c(F)c2)CCC1(C)C.[NaH]. The number of hydrogen-bond donors (Lipinski definition) is 1. The van der Waals surface area contributed by atoms with E-state index in [4.69, 9.17) is 16.3 Å². The Morgan fingerprint density at radius 1 is 1.37 bits per heavy atom. The van der Waals surface area contributed by atoms with Gasteiger partial charge in [0, 0.05) is 5.54 Å². The molecule has 2 rings (SSSR count). The van der Waals surface area contributed by atoms with Crippen molar-refractivity contribution in [3.8, 4) is 0 Å². The number of ether oxygens (including phenoxy) is 1. The second-order valence-corrected chi connectivity index (χ2v) is 8.67. The monoisotopic (exact) mass is 409 g/mol. The van der Waals surface area contributed by atoms with Crippen molar-refractivity contribution < 1.29 is 23.8 Å². The van der Waals surface area contributed by atoms with E-state index in [1.807, 2.05) is 13.8 Å². The van der Waals surface area contributed by atoms with Crippen LogP contribution in [0.5, 0.6) is 0 Å². The fourth-order valence-corrected chi connectivity index (χ4v) is 3.56. The van der Waals surface area contributed by atoms with Gasteiger partial charge in [0.05, 0.1) is 11.1 Å². The molecule has 1 N–H and O–H groups in total. The molecule has 0 aromatic heterocycles. The summed E-state index contributed by atoms with van der Waals surface area (Å²) in [7, 11) is 0. The van der Waals surface area contributed by atoms with Gasteiger partial charge >= 0.3 is 41.6 Å². The molecule has 0 bridgehead atoms. The Kier molecular flexibility index (Phi) is 7.79. The second kappa shape index (κ2) is 8.68. The third-order valence-electron chi connectivity index (χ3n) is 4.58. The average Bonchev–Trinajstić information content (AvgIpc) is 2.76. The third kappa shape index (κ3) is 5.59. The molecule has 146 valence electrons. The molecule has 1 amide bonds. The normalized spacial score (nSPS) is 20.0. The predicted octanol–water partition coefficient (Wildman–Crippen LogP) is 4.18. The molecule has 1 aliphatic rings. The summed E-state index contributed by atoms with van der Waals surface area (Å²) >= 11 is 5.71. The number of halogens is 2. The number of rotatable bonds is 3. The van der Waals surface area contributed by atoms with Crippen LogP contribution in [0.15, 0.2) is 18.2 Å². The van der Waals surface area contributed by atoms with E-state index >= 15 is 0 Å². The van der Waals surface area contributed by atoms with Gasteiger partial charge in [-0.05, 0) is 65.2 Å². The van der Waals surface area contributed by atoms with E-state index in [9.17, 15) is 19.1 Å². The van der Waals surface area contributed by atoms with Crippen molar-refractivity contribution in [2.45, 2.75) is 70.6 Å². The van der Waals surface area contributed by atoms with Crippen LogP contribution in [0.1, 0.15) is 58.9 Å². The first-order valence-corrected chi connectivity index (χ1v) is 8.91. The van der Waals surface area contributed by atoms with Crippen LogP contribution in [-0.2, 0) is 9.53 Å². The van der Waals surface area contributed by atoms with Gasteiger partial charge in [-0.3, -0.25) is 9.69 Å². The standard InChI is InChI=1S/C19H25ClFNO4.Na.H/c1-18(2,3)26-17(25)22-14(8-9-19(22,4)5)15(16(23)24)11-6-7-12(20)13(21)10-11;;/h6-7,10,14-15H,8-9H2,1-5H3,(H,23,24);;. The van der Waals surface area contributed by atoms with Gasteiger partial charge < -0.3 is 9.84 Å². The molecular formula is C19H26ClFNNaO4. The zero-order valence-electron chi connectivity index (χ0n) is 15.7. The van der Waals surface area contributed by atoms with E-state index in [-0.39, 0.29) is 40.1 Å². The molecule has 27 heavy (non-hydrogen) atoms. The number of carbonyl (C=O) groups excluding carboxylic acids is 1. The molecule has 0 aliphatic carbocycles. The second-order valence-electron chi connectivity index (χ2n) is 8.26. The molecule has 0 radical (unpaired) electrons.